The van der Waals surface area contributed by atoms with Crippen LogP contribution in [0.3, 0.4) is 0 Å². The van der Waals surface area contributed by atoms with Gasteiger partial charge in [0.1, 0.15) is 5.75 Å². The summed E-state index contributed by atoms with van der Waals surface area (Å²) in [6, 6.07) is 11.1. The molecule has 1 amide bonds. The van der Waals surface area contributed by atoms with Gasteiger partial charge in [-0.1, -0.05) is 24.3 Å². The van der Waals surface area contributed by atoms with Gasteiger partial charge in [-0.2, -0.15) is 0 Å². The quantitative estimate of drug-likeness (QED) is 0.915. The standard InChI is InChI=1S/C18H18FNO3/c19-15-7-2-6-14-16(8-3-9-23-18(14)15)20-17(22)11-12-4-1-5-13(21)10-12/h1-2,4-7,10,16,21H,3,8-9,11H2,(H,20,22)/t16-/m0/s1. The first kappa shape index (κ1) is 15.3. The molecule has 0 fully saturated rings. The minimum absolute atomic E-state index is 0.130. The molecule has 0 unspecified atom stereocenters. The van der Waals surface area contributed by atoms with E-state index in [-0.39, 0.29) is 29.9 Å². The van der Waals surface area contributed by atoms with Crippen LogP contribution in [-0.4, -0.2) is 17.6 Å². The van der Waals surface area contributed by atoms with Crippen LogP contribution in [0.5, 0.6) is 11.5 Å². The lowest BCUT2D eigenvalue weighted by Crippen LogP contribution is -2.29. The van der Waals surface area contributed by atoms with Gasteiger partial charge in [-0.3, -0.25) is 4.79 Å². The first-order chi connectivity index (χ1) is 11.1. The van der Waals surface area contributed by atoms with Crippen molar-refractivity contribution >= 4 is 5.91 Å². The smallest absolute Gasteiger partial charge is 0.224 e. The summed E-state index contributed by atoms with van der Waals surface area (Å²) < 4.78 is 19.4. The van der Waals surface area contributed by atoms with Gasteiger partial charge in [0.25, 0.3) is 0 Å². The molecule has 120 valence electrons. The first-order valence-corrected chi connectivity index (χ1v) is 7.62. The van der Waals surface area contributed by atoms with Gasteiger partial charge in [0, 0.05) is 5.56 Å². The predicted molar refractivity (Wildman–Crippen MR) is 83.8 cm³/mol. The van der Waals surface area contributed by atoms with Crippen LogP contribution in [0.2, 0.25) is 0 Å². The Morgan fingerprint density at radius 3 is 2.96 bits per heavy atom. The zero-order valence-corrected chi connectivity index (χ0v) is 12.6. The second-order valence-electron chi connectivity index (χ2n) is 5.62. The van der Waals surface area contributed by atoms with Crippen LogP contribution in [-0.2, 0) is 11.2 Å². The highest BCUT2D eigenvalue weighted by molar-refractivity contribution is 5.79. The number of phenolic OH excluding ortho intramolecular Hbond substituents is 1. The molecule has 1 atom stereocenters. The molecule has 2 N–H and O–H groups in total. The third-order valence-corrected chi connectivity index (χ3v) is 3.87. The molecular formula is C18H18FNO3. The van der Waals surface area contributed by atoms with E-state index in [0.29, 0.717) is 18.6 Å². The molecule has 1 aliphatic heterocycles. The van der Waals surface area contributed by atoms with Gasteiger partial charge in [-0.25, -0.2) is 4.39 Å². The number of carbonyl (C=O) groups excluding carboxylic acids is 1. The number of hydrogen-bond acceptors (Lipinski definition) is 3. The molecule has 3 rings (SSSR count). The van der Waals surface area contributed by atoms with Gasteiger partial charge in [0.2, 0.25) is 5.91 Å². The molecule has 23 heavy (non-hydrogen) atoms. The number of nitrogens with one attached hydrogen (secondary N) is 1. The van der Waals surface area contributed by atoms with Crippen LogP contribution in [0, 0.1) is 5.82 Å². The average Bonchev–Trinajstić information content (AvgIpc) is 2.71. The highest BCUT2D eigenvalue weighted by Crippen LogP contribution is 2.33. The van der Waals surface area contributed by atoms with E-state index in [1.54, 1.807) is 36.4 Å². The number of fused-ring (bicyclic) bond motifs is 1. The lowest BCUT2D eigenvalue weighted by Gasteiger charge is -2.18. The van der Waals surface area contributed by atoms with E-state index in [0.717, 1.165) is 12.0 Å². The van der Waals surface area contributed by atoms with E-state index in [1.165, 1.54) is 6.07 Å². The first-order valence-electron chi connectivity index (χ1n) is 7.62. The van der Waals surface area contributed by atoms with Gasteiger partial charge < -0.3 is 15.2 Å². The van der Waals surface area contributed by atoms with Gasteiger partial charge in [0.05, 0.1) is 19.1 Å². The predicted octanol–water partition coefficient (Wildman–Crippen LogP) is 3.10. The Hall–Kier alpha value is -2.56. The number of benzene rings is 2. The summed E-state index contributed by atoms with van der Waals surface area (Å²) in [5.74, 6) is -0.215. The lowest BCUT2D eigenvalue weighted by atomic mass is 10.0. The molecule has 0 saturated carbocycles. The Morgan fingerprint density at radius 2 is 2.13 bits per heavy atom. The zero-order valence-electron chi connectivity index (χ0n) is 12.6. The summed E-state index contributed by atoms with van der Waals surface area (Å²) >= 11 is 0. The number of rotatable bonds is 3. The fourth-order valence-corrected chi connectivity index (χ4v) is 2.82. The molecule has 0 radical (unpaired) electrons. The molecule has 1 aliphatic rings. The van der Waals surface area contributed by atoms with Crippen molar-refractivity contribution < 1.29 is 19.0 Å². The highest BCUT2D eigenvalue weighted by atomic mass is 19.1. The van der Waals surface area contributed by atoms with E-state index in [4.69, 9.17) is 4.74 Å². The Bertz CT molecular complexity index is 717. The number of carbonyl (C=O) groups is 1. The van der Waals surface area contributed by atoms with Crippen molar-refractivity contribution in [2.45, 2.75) is 25.3 Å². The van der Waals surface area contributed by atoms with E-state index >= 15 is 0 Å². The lowest BCUT2D eigenvalue weighted by molar-refractivity contribution is -0.121. The maximum Gasteiger partial charge on any atom is 0.224 e. The molecule has 0 bridgehead atoms. The Kier molecular flexibility index (Phi) is 4.46. The second kappa shape index (κ2) is 6.69. The largest absolute Gasteiger partial charge is 0.508 e. The molecule has 1 heterocycles. The highest BCUT2D eigenvalue weighted by Gasteiger charge is 2.23. The molecule has 0 spiro atoms. The summed E-state index contributed by atoms with van der Waals surface area (Å²) in [7, 11) is 0. The van der Waals surface area contributed by atoms with Crippen molar-refractivity contribution in [3.05, 3.63) is 59.4 Å². The Labute approximate surface area is 133 Å². The van der Waals surface area contributed by atoms with Gasteiger partial charge in [-0.05, 0) is 36.6 Å². The molecule has 4 nitrogen and oxygen atoms in total. The second-order valence-corrected chi connectivity index (χ2v) is 5.62. The minimum atomic E-state index is -0.406. The third kappa shape index (κ3) is 3.62. The normalized spacial score (nSPS) is 16.8. The Balaban J connectivity index is 1.75. The summed E-state index contributed by atoms with van der Waals surface area (Å²) in [6.07, 6.45) is 1.60. The van der Waals surface area contributed by atoms with Crippen molar-refractivity contribution in [3.63, 3.8) is 0 Å². The van der Waals surface area contributed by atoms with Crippen molar-refractivity contribution in [1.82, 2.24) is 5.32 Å². The molecule has 5 heteroatoms. The number of aromatic hydroxyl groups is 1. The maximum atomic E-state index is 13.9. The van der Waals surface area contributed by atoms with Gasteiger partial charge >= 0.3 is 0 Å². The Morgan fingerprint density at radius 1 is 1.30 bits per heavy atom. The van der Waals surface area contributed by atoms with Crippen molar-refractivity contribution in [2.24, 2.45) is 0 Å². The number of halogens is 1. The van der Waals surface area contributed by atoms with Crippen LogP contribution < -0.4 is 10.1 Å². The topological polar surface area (TPSA) is 58.6 Å². The molecule has 0 aromatic heterocycles. The van der Waals surface area contributed by atoms with E-state index in [9.17, 15) is 14.3 Å². The average molecular weight is 315 g/mol. The third-order valence-electron chi connectivity index (χ3n) is 3.87. The van der Waals surface area contributed by atoms with E-state index in [2.05, 4.69) is 5.32 Å². The van der Waals surface area contributed by atoms with Crippen molar-refractivity contribution in [3.8, 4) is 11.5 Å². The van der Waals surface area contributed by atoms with Crippen molar-refractivity contribution in [1.29, 1.82) is 0 Å². The minimum Gasteiger partial charge on any atom is -0.508 e. The van der Waals surface area contributed by atoms with Crippen molar-refractivity contribution in [2.75, 3.05) is 6.61 Å². The zero-order chi connectivity index (χ0) is 16.2. The number of phenols is 1. The number of ether oxygens (including phenoxy) is 1. The number of amides is 1. The van der Waals surface area contributed by atoms with E-state index < -0.39 is 5.82 Å². The molecule has 2 aromatic carbocycles. The van der Waals surface area contributed by atoms with Crippen LogP contribution in [0.4, 0.5) is 4.39 Å². The van der Waals surface area contributed by atoms with Gasteiger partial charge in [-0.15, -0.1) is 0 Å². The molecular weight excluding hydrogens is 297 g/mol. The summed E-state index contributed by atoms with van der Waals surface area (Å²) in [5, 5.41) is 12.4. The van der Waals surface area contributed by atoms with Crippen LogP contribution in [0.25, 0.3) is 0 Å². The fourth-order valence-electron chi connectivity index (χ4n) is 2.82. The summed E-state index contributed by atoms with van der Waals surface area (Å²) in [6.45, 7) is 0.437. The SMILES string of the molecule is O=C(Cc1cccc(O)c1)N[C@H]1CCCOc2c(F)cccc21. The monoisotopic (exact) mass is 315 g/mol. The van der Waals surface area contributed by atoms with E-state index in [1.807, 2.05) is 0 Å². The van der Waals surface area contributed by atoms with Gasteiger partial charge in [0.15, 0.2) is 11.6 Å². The number of para-hydroxylation sites is 1. The van der Waals surface area contributed by atoms with Crippen LogP contribution >= 0.6 is 0 Å². The molecule has 0 aliphatic carbocycles. The van der Waals surface area contributed by atoms with Crippen LogP contribution in [0.15, 0.2) is 42.5 Å². The van der Waals surface area contributed by atoms with Crippen LogP contribution in [0.1, 0.15) is 30.0 Å². The molecule has 0 saturated heterocycles. The fraction of sp³-hybridized carbons (Fsp3) is 0.278. The maximum absolute atomic E-state index is 13.9. The number of hydrogen-bond donors (Lipinski definition) is 2. The molecule has 2 aromatic rings. The summed E-state index contributed by atoms with van der Waals surface area (Å²) in [4.78, 5) is 12.3. The summed E-state index contributed by atoms with van der Waals surface area (Å²) in [5.41, 5.74) is 1.40.